The normalized spacial score (nSPS) is 15.0. The average molecular weight is 1880 g/mol. The first-order valence-electron chi connectivity index (χ1n) is 50.4. The van der Waals surface area contributed by atoms with E-state index in [1.165, 1.54) is 89.0 Å². The SMILES string of the molecule is C=Cc1ccc(C2(c3ccccc3)c3ccccc3-c3ccc(N(c4ccc(-c5ccc(N(c6ccccc6)c6ccc7c(c6)C(c6ccccc6)(c6ccc(C=C)cc6)c6cc(N(c8ccccc8)c8ccc(-c9ccc(N(c%10ccc%11c(c%10)C(c%10ccccc%10)(c%10ccc(C=C)cc%10)c%10ccccc%10-%11)c%10ccc%11c(c%10)oc%10ccccc%10%11)cc9)cc8)ccc6-7)cc5)cc4)c4ccc5c(c4)oc4ccccc45)cc32)cc1. The van der Waals surface area contributed by atoms with Crippen molar-refractivity contribution in [2.75, 3.05) is 19.6 Å². The summed E-state index contributed by atoms with van der Waals surface area (Å²) in [5.74, 6) is 0. The Kier molecular flexibility index (Phi) is 21.0. The molecule has 0 fully saturated rings. The van der Waals surface area contributed by atoms with Crippen molar-refractivity contribution < 1.29 is 8.83 Å². The first kappa shape index (κ1) is 86.9. The number of hydrogen-bond donors (Lipinski definition) is 0. The molecule has 0 aliphatic heterocycles. The Morgan fingerprint density at radius 1 is 0.156 bits per heavy atom. The molecule has 2 aromatic heterocycles. The molecule has 3 aliphatic carbocycles. The maximum Gasteiger partial charge on any atom is 0.137 e. The van der Waals surface area contributed by atoms with Crippen LogP contribution < -0.4 is 19.6 Å². The number of nitrogens with zero attached hydrogens (tertiary/aromatic N) is 4. The molecule has 0 spiro atoms. The highest BCUT2D eigenvalue weighted by molar-refractivity contribution is 6.08. The molecule has 27 rings (SSSR count). The van der Waals surface area contributed by atoms with Gasteiger partial charge in [0.05, 0.1) is 16.2 Å². The molecule has 0 amide bonds. The second kappa shape index (κ2) is 35.5. The summed E-state index contributed by atoms with van der Waals surface area (Å²) < 4.78 is 13.4. The average Bonchev–Trinajstić information content (AvgIpc) is 1.54. The Balaban J connectivity index is 0.539. The maximum absolute atomic E-state index is 6.70. The van der Waals surface area contributed by atoms with Gasteiger partial charge in [0.25, 0.3) is 0 Å². The molecular formula is C141H96N4O2. The lowest BCUT2D eigenvalue weighted by atomic mass is 9.67. The van der Waals surface area contributed by atoms with E-state index in [4.69, 9.17) is 8.83 Å². The first-order chi connectivity index (χ1) is 72.7. The van der Waals surface area contributed by atoms with Crippen molar-refractivity contribution in [3.63, 3.8) is 0 Å². The lowest BCUT2D eigenvalue weighted by Gasteiger charge is -2.36. The van der Waals surface area contributed by atoms with Crippen LogP contribution >= 0.6 is 0 Å². The van der Waals surface area contributed by atoms with E-state index in [-0.39, 0.29) is 0 Å². The molecule has 0 N–H and O–H groups in total. The van der Waals surface area contributed by atoms with E-state index in [2.05, 4.69) is 555 Å². The zero-order valence-corrected chi connectivity index (χ0v) is 80.7. The van der Waals surface area contributed by atoms with E-state index in [9.17, 15) is 0 Å². The number of anilines is 12. The van der Waals surface area contributed by atoms with E-state index in [0.717, 1.165) is 162 Å². The number of hydrogen-bond acceptors (Lipinski definition) is 6. The van der Waals surface area contributed by atoms with Gasteiger partial charge in [-0.25, -0.2) is 0 Å². The molecule has 2 heterocycles. The van der Waals surface area contributed by atoms with Crippen LogP contribution in [0.3, 0.4) is 0 Å². The van der Waals surface area contributed by atoms with E-state index in [1.807, 2.05) is 30.4 Å². The summed E-state index contributed by atoms with van der Waals surface area (Å²) in [5.41, 5.74) is 42.6. The second-order valence-corrected chi connectivity index (χ2v) is 38.6. The summed E-state index contributed by atoms with van der Waals surface area (Å²) in [6, 6.07) is 195. The molecule has 147 heavy (non-hydrogen) atoms. The number of para-hydroxylation sites is 4. The molecule has 24 aromatic rings. The highest BCUT2D eigenvalue weighted by Crippen LogP contribution is 2.63. The molecule has 6 heteroatoms. The fraction of sp³-hybridized carbons (Fsp3) is 0.0213. The van der Waals surface area contributed by atoms with Gasteiger partial charge in [-0.3, -0.25) is 0 Å². The minimum atomic E-state index is -0.824. The van der Waals surface area contributed by atoms with Crippen molar-refractivity contribution in [1.29, 1.82) is 0 Å². The molecule has 6 nitrogen and oxygen atoms in total. The van der Waals surface area contributed by atoms with Crippen molar-refractivity contribution in [3.05, 3.63) is 631 Å². The largest absolute Gasteiger partial charge is 0.456 e. The topological polar surface area (TPSA) is 39.2 Å². The van der Waals surface area contributed by atoms with Crippen LogP contribution in [0, 0.1) is 0 Å². The fourth-order valence-corrected chi connectivity index (χ4v) is 24.3. The van der Waals surface area contributed by atoms with Crippen molar-refractivity contribution in [2.24, 2.45) is 0 Å². The van der Waals surface area contributed by atoms with Crippen LogP contribution in [0.15, 0.2) is 556 Å². The summed E-state index contributed by atoms with van der Waals surface area (Å²) >= 11 is 0. The Bertz CT molecular complexity index is 8750. The zero-order chi connectivity index (χ0) is 97.8. The van der Waals surface area contributed by atoms with Crippen molar-refractivity contribution in [3.8, 4) is 55.6 Å². The number of rotatable bonds is 23. The number of furan rings is 2. The Hall–Kier alpha value is -19.1. The van der Waals surface area contributed by atoms with Crippen LogP contribution in [0.2, 0.25) is 0 Å². The Morgan fingerprint density at radius 3 is 0.667 bits per heavy atom. The van der Waals surface area contributed by atoms with Crippen LogP contribution in [-0.4, -0.2) is 0 Å². The van der Waals surface area contributed by atoms with E-state index >= 15 is 0 Å². The van der Waals surface area contributed by atoms with Crippen LogP contribution in [-0.2, 0) is 16.2 Å². The summed E-state index contributed by atoms with van der Waals surface area (Å²) in [6.45, 7) is 12.6. The molecule has 2 atom stereocenters. The number of benzene rings is 22. The first-order valence-corrected chi connectivity index (χ1v) is 50.4. The molecule has 692 valence electrons. The molecule has 2 unspecified atom stereocenters. The summed E-state index contributed by atoms with van der Waals surface area (Å²) in [4.78, 5) is 9.61. The van der Waals surface area contributed by atoms with Crippen LogP contribution in [0.25, 0.3) is 118 Å². The monoisotopic (exact) mass is 1880 g/mol. The van der Waals surface area contributed by atoms with Gasteiger partial charge in [-0.2, -0.15) is 0 Å². The minimum Gasteiger partial charge on any atom is -0.456 e. The van der Waals surface area contributed by atoms with E-state index in [0.29, 0.717) is 0 Å². The molecule has 3 aliphatic rings. The second-order valence-electron chi connectivity index (χ2n) is 38.6. The van der Waals surface area contributed by atoms with Gasteiger partial charge in [0.1, 0.15) is 22.3 Å². The van der Waals surface area contributed by atoms with Gasteiger partial charge < -0.3 is 28.4 Å². The van der Waals surface area contributed by atoms with Gasteiger partial charge in [-0.1, -0.05) is 396 Å². The fourth-order valence-electron chi connectivity index (χ4n) is 24.3. The quantitative estimate of drug-likeness (QED) is 0.0636. The van der Waals surface area contributed by atoms with E-state index < -0.39 is 16.2 Å². The van der Waals surface area contributed by atoms with E-state index in [1.54, 1.807) is 0 Å². The highest BCUT2D eigenvalue weighted by Gasteiger charge is 2.51. The van der Waals surface area contributed by atoms with Crippen molar-refractivity contribution >= 4 is 130 Å². The van der Waals surface area contributed by atoms with Crippen LogP contribution in [0.4, 0.5) is 68.2 Å². The molecule has 0 radical (unpaired) electrons. The summed E-state index contributed by atoms with van der Waals surface area (Å²) in [7, 11) is 0. The van der Waals surface area contributed by atoms with Gasteiger partial charge in [0.2, 0.25) is 0 Å². The van der Waals surface area contributed by atoms with Gasteiger partial charge in [0.15, 0.2) is 0 Å². The van der Waals surface area contributed by atoms with Crippen LogP contribution in [0.5, 0.6) is 0 Å². The number of fused-ring (bicyclic) bond motifs is 15. The Labute approximate surface area is 855 Å². The van der Waals surface area contributed by atoms with Crippen molar-refractivity contribution in [1.82, 2.24) is 0 Å². The lowest BCUT2D eigenvalue weighted by Crippen LogP contribution is -2.29. The molecular weight excluding hydrogens is 1780 g/mol. The summed E-state index contributed by atoms with van der Waals surface area (Å²) in [5, 5.41) is 4.33. The molecule has 0 bridgehead atoms. The standard InChI is InChI=1S/C141H96N4O2/c1-4-94-48-62-104(63-49-94)139(101-30-12-7-13-31-101)129-44-26-22-40-119(129)121-82-78-115(90-131(121)139)144(117-80-86-127-125-42-24-28-46-135(125)146-137(127)92-117)111-72-58-99(59-73-111)97-54-68-109(69-55-97)142(107-36-18-10-19-37-107)113-76-84-123-124-85-77-114(89-134(124)141(133(123)88-113,103-34-16-9-17-35-103)106-66-52-96(6-3)53-67-106)143(108-38-20-11-21-39-108)110-70-56-98(57-71-110)100-60-74-112(75-61-100)145(118-81-87-128-126-43-25-29-47-136(126)147-138(128)93-118)116-79-83-122-120-41-23-27-45-130(120)140(132(122)91-116,102-32-14-8-15-33-102)105-64-50-95(5-2)51-65-105/h4-93H,1-3H2. The molecule has 0 saturated carbocycles. The summed E-state index contributed by atoms with van der Waals surface area (Å²) in [6.07, 6.45) is 5.78. The maximum atomic E-state index is 6.70. The Morgan fingerprint density at radius 2 is 0.367 bits per heavy atom. The van der Waals surface area contributed by atoms with Gasteiger partial charge >= 0.3 is 0 Å². The molecule has 22 aromatic carbocycles. The zero-order valence-electron chi connectivity index (χ0n) is 80.7. The van der Waals surface area contributed by atoms with Gasteiger partial charge in [0, 0.05) is 102 Å². The predicted molar refractivity (Wildman–Crippen MR) is 613 cm³/mol. The third kappa shape index (κ3) is 14.1. The minimum absolute atomic E-state index is 0.637. The van der Waals surface area contributed by atoms with Crippen LogP contribution in [0.1, 0.15) is 83.5 Å². The smallest absolute Gasteiger partial charge is 0.137 e. The highest BCUT2D eigenvalue weighted by atomic mass is 16.3. The third-order valence-corrected chi connectivity index (χ3v) is 31.0. The van der Waals surface area contributed by atoms with Gasteiger partial charge in [-0.05, 0) is 297 Å². The molecule has 0 saturated heterocycles. The lowest BCUT2D eigenvalue weighted by molar-refractivity contribution is 0.668. The van der Waals surface area contributed by atoms with Gasteiger partial charge in [-0.15, -0.1) is 0 Å². The van der Waals surface area contributed by atoms with Crippen molar-refractivity contribution in [2.45, 2.75) is 16.2 Å². The third-order valence-electron chi connectivity index (χ3n) is 31.0. The predicted octanol–water partition coefficient (Wildman–Crippen LogP) is 37.7.